The third-order valence-corrected chi connectivity index (χ3v) is 4.30. The van der Waals surface area contributed by atoms with E-state index in [9.17, 15) is 14.7 Å². The van der Waals surface area contributed by atoms with E-state index in [4.69, 9.17) is 14.2 Å². The van der Waals surface area contributed by atoms with Crippen LogP contribution in [0.4, 0.5) is 5.69 Å². The van der Waals surface area contributed by atoms with Crippen LogP contribution < -0.4 is 30.2 Å². The standard InChI is InChI=1S/C23H31N3O6/c1-16(27)25-13-18-4-9-22(23(12-18)30-3)32-15-20(29)14-24-10-11-31-21-7-5-19(6-8-21)26-17(2)28/h4-9,12,20,24,29H,10-11,13-15H2,1-3H3,(H,25,27)(H,26,28). The molecule has 0 aromatic heterocycles. The van der Waals surface area contributed by atoms with Gasteiger partial charge < -0.3 is 35.3 Å². The molecule has 0 aliphatic carbocycles. The fraction of sp³-hybridized carbons (Fsp3) is 0.391. The first-order valence-electron chi connectivity index (χ1n) is 10.3. The molecular weight excluding hydrogens is 414 g/mol. The van der Waals surface area contributed by atoms with Crippen LogP contribution in [0.25, 0.3) is 0 Å². The van der Waals surface area contributed by atoms with Crippen LogP contribution in [-0.2, 0) is 16.1 Å². The maximum atomic E-state index is 11.0. The third-order valence-electron chi connectivity index (χ3n) is 4.30. The van der Waals surface area contributed by atoms with Crippen LogP contribution in [0.2, 0.25) is 0 Å². The molecule has 0 saturated carbocycles. The van der Waals surface area contributed by atoms with E-state index in [-0.39, 0.29) is 18.4 Å². The van der Waals surface area contributed by atoms with Crippen LogP contribution in [0.3, 0.4) is 0 Å². The highest BCUT2D eigenvalue weighted by atomic mass is 16.5. The van der Waals surface area contributed by atoms with Gasteiger partial charge in [0.05, 0.1) is 7.11 Å². The monoisotopic (exact) mass is 445 g/mol. The Morgan fingerprint density at radius 3 is 2.41 bits per heavy atom. The number of carbonyl (C=O) groups excluding carboxylic acids is 2. The van der Waals surface area contributed by atoms with E-state index in [1.165, 1.54) is 21.0 Å². The summed E-state index contributed by atoms with van der Waals surface area (Å²) in [4.78, 5) is 22.1. The van der Waals surface area contributed by atoms with Crippen molar-refractivity contribution in [2.75, 3.05) is 38.7 Å². The zero-order valence-corrected chi connectivity index (χ0v) is 18.6. The molecule has 32 heavy (non-hydrogen) atoms. The summed E-state index contributed by atoms with van der Waals surface area (Å²) >= 11 is 0. The molecule has 0 aliphatic rings. The Morgan fingerprint density at radius 2 is 1.75 bits per heavy atom. The molecule has 4 N–H and O–H groups in total. The molecule has 1 atom stereocenters. The van der Waals surface area contributed by atoms with E-state index in [1.54, 1.807) is 36.4 Å². The van der Waals surface area contributed by atoms with Gasteiger partial charge in [-0.25, -0.2) is 0 Å². The molecular formula is C23H31N3O6. The number of ether oxygens (including phenoxy) is 3. The lowest BCUT2D eigenvalue weighted by Crippen LogP contribution is -2.33. The molecule has 9 nitrogen and oxygen atoms in total. The topological polar surface area (TPSA) is 118 Å². The van der Waals surface area contributed by atoms with Crippen molar-refractivity contribution in [2.24, 2.45) is 0 Å². The van der Waals surface area contributed by atoms with Crippen LogP contribution in [-0.4, -0.2) is 56.4 Å². The van der Waals surface area contributed by atoms with Gasteiger partial charge in [0.15, 0.2) is 11.5 Å². The second-order valence-corrected chi connectivity index (χ2v) is 7.12. The minimum Gasteiger partial charge on any atom is -0.493 e. The van der Waals surface area contributed by atoms with Crippen molar-refractivity contribution in [3.63, 3.8) is 0 Å². The highest BCUT2D eigenvalue weighted by Gasteiger charge is 2.10. The molecule has 0 bridgehead atoms. The fourth-order valence-corrected chi connectivity index (χ4v) is 2.76. The number of aliphatic hydroxyl groups is 1. The number of aliphatic hydroxyl groups excluding tert-OH is 1. The van der Waals surface area contributed by atoms with Crippen LogP contribution >= 0.6 is 0 Å². The summed E-state index contributed by atoms with van der Waals surface area (Å²) in [7, 11) is 1.54. The predicted molar refractivity (Wildman–Crippen MR) is 121 cm³/mol. The Morgan fingerprint density at radius 1 is 1.00 bits per heavy atom. The number of hydrogen-bond acceptors (Lipinski definition) is 7. The maximum absolute atomic E-state index is 11.0. The number of anilines is 1. The van der Waals surface area contributed by atoms with Crippen LogP contribution in [0, 0.1) is 0 Å². The molecule has 0 aliphatic heterocycles. The second kappa shape index (κ2) is 13.2. The first-order valence-corrected chi connectivity index (χ1v) is 10.3. The van der Waals surface area contributed by atoms with Gasteiger partial charge in [-0.15, -0.1) is 0 Å². The minimum atomic E-state index is -0.712. The Balaban J connectivity index is 1.66. The number of methoxy groups -OCH3 is 1. The molecule has 1 unspecified atom stereocenters. The Hall–Kier alpha value is -3.30. The average molecular weight is 446 g/mol. The molecule has 2 rings (SSSR count). The predicted octanol–water partition coefficient (Wildman–Crippen LogP) is 1.70. The van der Waals surface area contributed by atoms with Gasteiger partial charge >= 0.3 is 0 Å². The summed E-state index contributed by atoms with van der Waals surface area (Å²) in [5.74, 6) is 1.52. The molecule has 0 heterocycles. The zero-order chi connectivity index (χ0) is 23.3. The first-order chi connectivity index (χ1) is 15.4. The summed E-state index contributed by atoms with van der Waals surface area (Å²) < 4.78 is 16.6. The van der Waals surface area contributed by atoms with Crippen molar-refractivity contribution in [3.05, 3.63) is 48.0 Å². The summed E-state index contributed by atoms with van der Waals surface area (Å²) in [5.41, 5.74) is 1.60. The highest BCUT2D eigenvalue weighted by Crippen LogP contribution is 2.28. The minimum absolute atomic E-state index is 0.0971. The van der Waals surface area contributed by atoms with E-state index in [0.717, 1.165) is 5.56 Å². The average Bonchev–Trinajstić information content (AvgIpc) is 2.77. The molecule has 174 valence electrons. The fourth-order valence-electron chi connectivity index (χ4n) is 2.76. The van der Waals surface area contributed by atoms with Crippen molar-refractivity contribution in [1.82, 2.24) is 10.6 Å². The number of carbonyl (C=O) groups is 2. The Bertz CT molecular complexity index is 873. The van der Waals surface area contributed by atoms with Gasteiger partial charge in [-0.2, -0.15) is 0 Å². The van der Waals surface area contributed by atoms with Gasteiger partial charge in [-0.1, -0.05) is 6.07 Å². The second-order valence-electron chi connectivity index (χ2n) is 7.12. The van der Waals surface area contributed by atoms with Crippen molar-refractivity contribution in [3.8, 4) is 17.2 Å². The van der Waals surface area contributed by atoms with Gasteiger partial charge in [0.25, 0.3) is 0 Å². The van der Waals surface area contributed by atoms with Crippen molar-refractivity contribution >= 4 is 17.5 Å². The lowest BCUT2D eigenvalue weighted by molar-refractivity contribution is -0.119. The van der Waals surface area contributed by atoms with Gasteiger partial charge in [-0.05, 0) is 42.0 Å². The van der Waals surface area contributed by atoms with Crippen molar-refractivity contribution in [1.29, 1.82) is 0 Å². The van der Waals surface area contributed by atoms with Gasteiger partial charge in [-0.3, -0.25) is 9.59 Å². The van der Waals surface area contributed by atoms with Crippen LogP contribution in [0.15, 0.2) is 42.5 Å². The van der Waals surface area contributed by atoms with E-state index in [1.807, 2.05) is 6.07 Å². The number of hydrogen-bond donors (Lipinski definition) is 4. The van der Waals surface area contributed by atoms with Gasteiger partial charge in [0, 0.05) is 39.2 Å². The molecule has 0 radical (unpaired) electrons. The van der Waals surface area contributed by atoms with Crippen LogP contribution in [0.5, 0.6) is 17.2 Å². The smallest absolute Gasteiger partial charge is 0.221 e. The number of nitrogens with one attached hydrogen (secondary N) is 3. The maximum Gasteiger partial charge on any atom is 0.221 e. The summed E-state index contributed by atoms with van der Waals surface area (Å²) in [5, 5.41) is 18.7. The quantitative estimate of drug-likeness (QED) is 0.347. The van der Waals surface area contributed by atoms with E-state index in [0.29, 0.717) is 49.2 Å². The summed E-state index contributed by atoms with van der Waals surface area (Å²) in [6.07, 6.45) is -0.712. The first kappa shape index (κ1) is 25.0. The molecule has 9 heteroatoms. The molecule has 0 fully saturated rings. The van der Waals surface area contributed by atoms with E-state index < -0.39 is 6.10 Å². The molecule has 0 saturated heterocycles. The lowest BCUT2D eigenvalue weighted by Gasteiger charge is -2.16. The van der Waals surface area contributed by atoms with Gasteiger partial charge in [0.1, 0.15) is 25.1 Å². The number of amides is 2. The van der Waals surface area contributed by atoms with Crippen molar-refractivity contribution < 1.29 is 28.9 Å². The number of benzene rings is 2. The molecule has 2 aromatic rings. The SMILES string of the molecule is COc1cc(CNC(C)=O)ccc1OCC(O)CNCCOc1ccc(NC(C)=O)cc1. The Kier molecular flexibility index (Phi) is 10.3. The molecule has 2 amide bonds. The third kappa shape index (κ3) is 9.23. The Labute approximate surface area is 188 Å². The summed E-state index contributed by atoms with van der Waals surface area (Å²) in [6, 6.07) is 12.5. The van der Waals surface area contributed by atoms with Crippen molar-refractivity contribution in [2.45, 2.75) is 26.5 Å². The van der Waals surface area contributed by atoms with E-state index in [2.05, 4.69) is 16.0 Å². The lowest BCUT2D eigenvalue weighted by atomic mass is 10.2. The normalized spacial score (nSPS) is 11.4. The summed E-state index contributed by atoms with van der Waals surface area (Å²) in [6.45, 7) is 4.73. The highest BCUT2D eigenvalue weighted by molar-refractivity contribution is 5.88. The molecule has 0 spiro atoms. The molecule has 2 aromatic carbocycles. The van der Waals surface area contributed by atoms with E-state index >= 15 is 0 Å². The zero-order valence-electron chi connectivity index (χ0n) is 18.6. The number of rotatable bonds is 13. The van der Waals surface area contributed by atoms with Crippen LogP contribution in [0.1, 0.15) is 19.4 Å². The van der Waals surface area contributed by atoms with Gasteiger partial charge in [0.2, 0.25) is 11.8 Å². The largest absolute Gasteiger partial charge is 0.493 e.